The molecule has 28 heavy (non-hydrogen) atoms. The van der Waals surface area contributed by atoms with E-state index in [9.17, 15) is 22.0 Å². The summed E-state index contributed by atoms with van der Waals surface area (Å²) in [7, 11) is 0.254. The number of ether oxygens (including phenoxy) is 2. The second kappa shape index (κ2) is 8.98. The summed E-state index contributed by atoms with van der Waals surface area (Å²) in [6, 6.07) is 9.95. The molecule has 0 saturated heterocycles. The molecule has 0 spiro atoms. The first-order chi connectivity index (χ1) is 13.1. The van der Waals surface area contributed by atoms with Gasteiger partial charge < -0.3 is 14.8 Å². The number of sulfonamides is 1. The Hall–Kier alpha value is -2.72. The Morgan fingerprint density at radius 2 is 1.89 bits per heavy atom. The van der Waals surface area contributed by atoms with Crippen molar-refractivity contribution < 1.29 is 31.5 Å². The Labute approximate surface area is 161 Å². The lowest BCUT2D eigenvalue weighted by Crippen LogP contribution is -2.25. The van der Waals surface area contributed by atoms with E-state index in [1.165, 1.54) is 57.6 Å². The van der Waals surface area contributed by atoms with Gasteiger partial charge in [0.2, 0.25) is 10.0 Å². The summed E-state index contributed by atoms with van der Waals surface area (Å²) < 4.78 is 59.8. The van der Waals surface area contributed by atoms with E-state index in [4.69, 9.17) is 4.74 Å². The number of halogens is 2. The van der Waals surface area contributed by atoms with Gasteiger partial charge in [-0.1, -0.05) is 12.1 Å². The average Bonchev–Trinajstić information content (AvgIpc) is 2.65. The topological polar surface area (TPSA) is 84.9 Å². The molecule has 0 heterocycles. The fourth-order valence-electron chi connectivity index (χ4n) is 2.33. The zero-order valence-electron chi connectivity index (χ0n) is 15.5. The van der Waals surface area contributed by atoms with Crippen molar-refractivity contribution in [1.29, 1.82) is 0 Å². The first-order valence-corrected chi connectivity index (χ1v) is 9.51. The van der Waals surface area contributed by atoms with Crippen LogP contribution in [0.25, 0.3) is 0 Å². The van der Waals surface area contributed by atoms with E-state index in [1.807, 2.05) is 0 Å². The minimum atomic E-state index is -3.82. The second-order valence-corrected chi connectivity index (χ2v) is 7.98. The first kappa shape index (κ1) is 21.6. The zero-order valence-corrected chi connectivity index (χ0v) is 16.3. The molecule has 0 unspecified atom stereocenters. The van der Waals surface area contributed by atoms with Crippen molar-refractivity contribution in [2.24, 2.45) is 0 Å². The number of amides is 1. The average molecular weight is 414 g/mol. The number of hydrogen-bond donors (Lipinski definition) is 1. The fraction of sp³-hybridized carbons (Fsp3) is 0.278. The van der Waals surface area contributed by atoms with E-state index in [0.717, 1.165) is 4.31 Å². The van der Waals surface area contributed by atoms with Crippen LogP contribution in [0.1, 0.15) is 15.9 Å². The van der Waals surface area contributed by atoms with Gasteiger partial charge in [0.25, 0.3) is 5.91 Å². The summed E-state index contributed by atoms with van der Waals surface area (Å²) in [5, 5.41) is 2.61. The standard InChI is InChI=1S/C18H20F2N2O5S/c1-22(2)28(24,25)16-10-13(7-8-15(16)26-3)17(23)21-11-12-5-4-6-14(9-12)27-18(19)20/h4-10,18H,11H2,1-3H3,(H,21,23). The van der Waals surface area contributed by atoms with Crippen LogP contribution in [-0.4, -0.2) is 46.4 Å². The van der Waals surface area contributed by atoms with E-state index in [0.29, 0.717) is 5.56 Å². The van der Waals surface area contributed by atoms with E-state index >= 15 is 0 Å². The largest absolute Gasteiger partial charge is 0.495 e. The molecular formula is C18H20F2N2O5S. The molecule has 0 fully saturated rings. The predicted molar refractivity (Wildman–Crippen MR) is 98.1 cm³/mol. The zero-order chi connectivity index (χ0) is 20.9. The summed E-state index contributed by atoms with van der Waals surface area (Å²) in [4.78, 5) is 12.3. The van der Waals surface area contributed by atoms with Gasteiger partial charge in [0.1, 0.15) is 16.4 Å². The highest BCUT2D eigenvalue weighted by molar-refractivity contribution is 7.89. The van der Waals surface area contributed by atoms with Gasteiger partial charge in [0, 0.05) is 26.2 Å². The molecule has 0 aliphatic carbocycles. The maximum absolute atomic E-state index is 12.4. The van der Waals surface area contributed by atoms with Crippen LogP contribution in [0, 0.1) is 0 Å². The van der Waals surface area contributed by atoms with Crippen LogP contribution in [0.4, 0.5) is 8.78 Å². The van der Waals surface area contributed by atoms with Gasteiger partial charge in [-0.3, -0.25) is 4.79 Å². The summed E-state index contributed by atoms with van der Waals surface area (Å²) in [5.74, 6) is -0.439. The monoisotopic (exact) mass is 414 g/mol. The van der Waals surface area contributed by atoms with Crippen LogP contribution in [0.15, 0.2) is 47.4 Å². The molecule has 0 aliphatic rings. The number of carbonyl (C=O) groups excluding carboxylic acids is 1. The molecule has 7 nitrogen and oxygen atoms in total. The molecule has 0 saturated carbocycles. The normalized spacial score (nSPS) is 11.5. The first-order valence-electron chi connectivity index (χ1n) is 8.07. The molecule has 0 bridgehead atoms. The Morgan fingerprint density at radius 1 is 1.18 bits per heavy atom. The third-order valence-corrected chi connectivity index (χ3v) is 5.60. The number of rotatable bonds is 8. The van der Waals surface area contributed by atoms with Gasteiger partial charge in [0.15, 0.2) is 0 Å². The van der Waals surface area contributed by atoms with Crippen molar-refractivity contribution >= 4 is 15.9 Å². The van der Waals surface area contributed by atoms with E-state index in [-0.39, 0.29) is 28.5 Å². The number of benzene rings is 2. The molecular weight excluding hydrogens is 394 g/mol. The number of nitrogens with zero attached hydrogens (tertiary/aromatic N) is 1. The van der Waals surface area contributed by atoms with Crippen LogP contribution in [-0.2, 0) is 16.6 Å². The smallest absolute Gasteiger partial charge is 0.387 e. The minimum Gasteiger partial charge on any atom is -0.495 e. The number of hydrogen-bond acceptors (Lipinski definition) is 5. The van der Waals surface area contributed by atoms with Crippen molar-refractivity contribution in [3.05, 3.63) is 53.6 Å². The third-order valence-electron chi connectivity index (χ3n) is 3.76. The lowest BCUT2D eigenvalue weighted by molar-refractivity contribution is -0.0498. The van der Waals surface area contributed by atoms with Gasteiger partial charge >= 0.3 is 6.61 Å². The molecule has 2 rings (SSSR count). The molecule has 0 atom stereocenters. The molecule has 0 aromatic heterocycles. The van der Waals surface area contributed by atoms with Crippen molar-refractivity contribution in [3.8, 4) is 11.5 Å². The van der Waals surface area contributed by atoms with Crippen LogP contribution in [0.2, 0.25) is 0 Å². The van der Waals surface area contributed by atoms with Gasteiger partial charge in [-0.2, -0.15) is 8.78 Å². The Morgan fingerprint density at radius 3 is 2.50 bits per heavy atom. The summed E-state index contributed by atoms with van der Waals surface area (Å²) in [5.41, 5.74) is 0.655. The predicted octanol–water partition coefficient (Wildman–Crippen LogP) is 2.48. The summed E-state index contributed by atoms with van der Waals surface area (Å²) >= 11 is 0. The highest BCUT2D eigenvalue weighted by atomic mass is 32.2. The quantitative estimate of drug-likeness (QED) is 0.717. The lowest BCUT2D eigenvalue weighted by Gasteiger charge is -2.15. The van der Waals surface area contributed by atoms with Crippen molar-refractivity contribution in [2.45, 2.75) is 18.1 Å². The van der Waals surface area contributed by atoms with E-state index < -0.39 is 22.5 Å². The lowest BCUT2D eigenvalue weighted by atomic mass is 10.2. The highest BCUT2D eigenvalue weighted by Crippen LogP contribution is 2.27. The molecule has 2 aromatic carbocycles. The maximum Gasteiger partial charge on any atom is 0.387 e. The molecule has 2 aromatic rings. The number of methoxy groups -OCH3 is 1. The Kier molecular flexibility index (Phi) is 6.92. The third kappa shape index (κ3) is 5.17. The molecule has 10 heteroatoms. The Bertz CT molecular complexity index is 949. The SMILES string of the molecule is COc1ccc(C(=O)NCc2cccc(OC(F)F)c2)cc1S(=O)(=O)N(C)C. The number of nitrogens with one attached hydrogen (secondary N) is 1. The fourth-order valence-corrected chi connectivity index (χ4v) is 3.41. The van der Waals surface area contributed by atoms with Gasteiger partial charge in [-0.25, -0.2) is 12.7 Å². The minimum absolute atomic E-state index is 0.0226. The van der Waals surface area contributed by atoms with Gasteiger partial charge in [-0.15, -0.1) is 0 Å². The van der Waals surface area contributed by atoms with Crippen LogP contribution in [0.3, 0.4) is 0 Å². The highest BCUT2D eigenvalue weighted by Gasteiger charge is 2.23. The van der Waals surface area contributed by atoms with Gasteiger partial charge in [-0.05, 0) is 35.9 Å². The van der Waals surface area contributed by atoms with Crippen LogP contribution >= 0.6 is 0 Å². The molecule has 1 amide bonds. The number of carbonyl (C=O) groups is 1. The van der Waals surface area contributed by atoms with Gasteiger partial charge in [0.05, 0.1) is 7.11 Å². The molecule has 1 N–H and O–H groups in total. The van der Waals surface area contributed by atoms with Crippen molar-refractivity contribution in [1.82, 2.24) is 9.62 Å². The molecule has 152 valence electrons. The molecule has 0 radical (unpaired) electrons. The van der Waals surface area contributed by atoms with Crippen molar-refractivity contribution in [3.63, 3.8) is 0 Å². The van der Waals surface area contributed by atoms with E-state index in [2.05, 4.69) is 10.1 Å². The molecule has 0 aliphatic heterocycles. The van der Waals surface area contributed by atoms with E-state index in [1.54, 1.807) is 6.07 Å². The number of alkyl halides is 2. The second-order valence-electron chi connectivity index (χ2n) is 5.86. The van der Waals surface area contributed by atoms with Crippen LogP contribution in [0.5, 0.6) is 11.5 Å². The van der Waals surface area contributed by atoms with Crippen molar-refractivity contribution in [2.75, 3.05) is 21.2 Å². The Balaban J connectivity index is 2.19. The van der Waals surface area contributed by atoms with Crippen LogP contribution < -0.4 is 14.8 Å². The maximum atomic E-state index is 12.4. The summed E-state index contributed by atoms with van der Waals surface area (Å²) in [6.45, 7) is -2.90. The summed E-state index contributed by atoms with van der Waals surface area (Å²) in [6.07, 6.45) is 0.